The minimum Gasteiger partial charge on any atom is -0.550 e. The second-order valence-corrected chi connectivity index (χ2v) is 3.74. The van der Waals surface area contributed by atoms with Gasteiger partial charge in [-0.1, -0.05) is 12.1 Å². The Labute approximate surface area is 91.1 Å². The van der Waals surface area contributed by atoms with E-state index >= 15 is 0 Å². The lowest BCUT2D eigenvalue weighted by molar-refractivity contribution is -0.308. The number of hydrogen-bond acceptors (Lipinski definition) is 3. The summed E-state index contributed by atoms with van der Waals surface area (Å²) in [7, 11) is 0. The number of aliphatic carboxylic acids is 1. The Morgan fingerprint density at radius 3 is 2.56 bits per heavy atom. The van der Waals surface area contributed by atoms with Crippen LogP contribution in [0, 0.1) is 17.7 Å². The number of nitrogens with one attached hydrogen (secondary N) is 1. The average molecular weight is 222 g/mol. The summed E-state index contributed by atoms with van der Waals surface area (Å²) in [5.74, 6) is -3.56. The van der Waals surface area contributed by atoms with Crippen LogP contribution in [0.5, 0.6) is 0 Å². The van der Waals surface area contributed by atoms with Crippen molar-refractivity contribution in [1.82, 2.24) is 0 Å². The summed E-state index contributed by atoms with van der Waals surface area (Å²) in [6, 6.07) is 5.73. The van der Waals surface area contributed by atoms with Crippen LogP contribution in [-0.4, -0.2) is 11.9 Å². The smallest absolute Gasteiger partial charge is 0.228 e. The first-order valence-corrected chi connectivity index (χ1v) is 4.86. The fourth-order valence-electron chi connectivity index (χ4n) is 1.53. The molecule has 1 aromatic carbocycles. The van der Waals surface area contributed by atoms with Crippen molar-refractivity contribution < 1.29 is 19.1 Å². The van der Waals surface area contributed by atoms with E-state index in [-0.39, 0.29) is 12.1 Å². The minimum atomic E-state index is -1.23. The molecule has 0 spiro atoms. The first-order valence-electron chi connectivity index (χ1n) is 4.86. The normalized spacial score (nSPS) is 22.6. The van der Waals surface area contributed by atoms with E-state index in [0.717, 1.165) is 0 Å². The molecule has 2 atom stereocenters. The molecule has 4 nitrogen and oxygen atoms in total. The number of carbonyl (C=O) groups is 2. The van der Waals surface area contributed by atoms with Crippen LogP contribution in [0.3, 0.4) is 0 Å². The number of rotatable bonds is 3. The zero-order chi connectivity index (χ0) is 11.7. The van der Waals surface area contributed by atoms with E-state index in [9.17, 15) is 19.1 Å². The Bertz CT molecular complexity index is 447. The minimum absolute atomic E-state index is 0.0662. The maximum absolute atomic E-state index is 13.1. The highest BCUT2D eigenvalue weighted by Crippen LogP contribution is 2.38. The van der Waals surface area contributed by atoms with Crippen molar-refractivity contribution in [3.05, 3.63) is 30.1 Å². The molecule has 84 valence electrons. The summed E-state index contributed by atoms with van der Waals surface area (Å²) < 4.78 is 13.1. The molecule has 0 aromatic heterocycles. The lowest BCUT2D eigenvalue weighted by atomic mass is 10.2. The van der Waals surface area contributed by atoms with Gasteiger partial charge in [-0.25, -0.2) is 4.39 Å². The van der Waals surface area contributed by atoms with Crippen LogP contribution in [0.4, 0.5) is 10.1 Å². The Morgan fingerprint density at radius 1 is 1.31 bits per heavy atom. The highest BCUT2D eigenvalue weighted by atomic mass is 19.1. The Kier molecular flexibility index (Phi) is 2.60. The number of carbonyl (C=O) groups excluding carboxylic acids is 2. The van der Waals surface area contributed by atoms with Gasteiger partial charge >= 0.3 is 0 Å². The van der Waals surface area contributed by atoms with E-state index in [0.29, 0.717) is 0 Å². The summed E-state index contributed by atoms with van der Waals surface area (Å²) >= 11 is 0. The highest BCUT2D eigenvalue weighted by Gasteiger charge is 2.44. The van der Waals surface area contributed by atoms with Crippen molar-refractivity contribution in [2.24, 2.45) is 11.8 Å². The lowest BCUT2D eigenvalue weighted by Crippen LogP contribution is -2.27. The third-order valence-electron chi connectivity index (χ3n) is 2.56. The van der Waals surface area contributed by atoms with Crippen molar-refractivity contribution in [3.63, 3.8) is 0 Å². The molecule has 1 saturated carbocycles. The van der Waals surface area contributed by atoms with Gasteiger partial charge in [-0.2, -0.15) is 0 Å². The van der Waals surface area contributed by atoms with Crippen LogP contribution >= 0.6 is 0 Å². The standard InChI is InChI=1S/C11H10FNO3/c12-8-3-1-2-4-9(8)13-10(14)6-5-7(6)11(15)16/h1-4,6-7H,5H2,(H,13,14)(H,15,16)/p-1/t6-,7+/m0/s1. The molecule has 0 bridgehead atoms. The van der Waals surface area contributed by atoms with Crippen LogP contribution in [0.25, 0.3) is 0 Å². The number of amides is 1. The Hall–Kier alpha value is -1.91. The molecule has 1 aliphatic rings. The second kappa shape index (κ2) is 3.92. The predicted molar refractivity (Wildman–Crippen MR) is 51.6 cm³/mol. The van der Waals surface area contributed by atoms with Gasteiger partial charge in [0.05, 0.1) is 5.69 Å². The molecule has 2 rings (SSSR count). The third-order valence-corrected chi connectivity index (χ3v) is 2.56. The van der Waals surface area contributed by atoms with Crippen LogP contribution in [0.2, 0.25) is 0 Å². The van der Waals surface area contributed by atoms with Gasteiger partial charge in [0, 0.05) is 17.8 Å². The molecule has 0 aliphatic heterocycles. The maximum Gasteiger partial charge on any atom is 0.228 e. The van der Waals surface area contributed by atoms with Gasteiger partial charge in [0.2, 0.25) is 5.91 Å². The molecule has 1 aromatic rings. The monoisotopic (exact) mass is 222 g/mol. The SMILES string of the molecule is O=C(Nc1ccccc1F)[C@H]1C[C@H]1C(=O)[O-]. The van der Waals surface area contributed by atoms with E-state index in [1.807, 2.05) is 0 Å². The van der Waals surface area contributed by atoms with Gasteiger partial charge in [0.1, 0.15) is 5.82 Å². The van der Waals surface area contributed by atoms with Crippen molar-refractivity contribution in [2.75, 3.05) is 5.32 Å². The molecule has 0 heterocycles. The largest absolute Gasteiger partial charge is 0.550 e. The molecule has 1 aliphatic carbocycles. The fraction of sp³-hybridized carbons (Fsp3) is 0.273. The van der Waals surface area contributed by atoms with E-state index in [2.05, 4.69) is 5.32 Å². The van der Waals surface area contributed by atoms with Crippen molar-refractivity contribution >= 4 is 17.6 Å². The van der Waals surface area contributed by atoms with Gasteiger partial charge < -0.3 is 15.2 Å². The Balaban J connectivity index is 1.99. The van der Waals surface area contributed by atoms with Gasteiger partial charge in [0.15, 0.2) is 0 Å². The number of hydrogen-bond donors (Lipinski definition) is 1. The summed E-state index contributed by atoms with van der Waals surface area (Å²) in [5, 5.41) is 12.8. The average Bonchev–Trinajstić information content (AvgIpc) is 3.01. The third kappa shape index (κ3) is 2.03. The molecule has 1 amide bonds. The molecular formula is C11H9FNO3-. The molecule has 0 radical (unpaired) electrons. The van der Waals surface area contributed by atoms with Crippen molar-refractivity contribution in [1.29, 1.82) is 0 Å². The number of benzene rings is 1. The van der Waals surface area contributed by atoms with Gasteiger partial charge in [0.25, 0.3) is 0 Å². The first kappa shape index (κ1) is 10.6. The van der Waals surface area contributed by atoms with Crippen LogP contribution in [0.1, 0.15) is 6.42 Å². The summed E-state index contributed by atoms with van der Waals surface area (Å²) in [5.41, 5.74) is 0.0662. The van der Waals surface area contributed by atoms with Gasteiger partial charge in [-0.05, 0) is 18.6 Å². The first-order chi connectivity index (χ1) is 7.59. The number of halogens is 1. The molecule has 16 heavy (non-hydrogen) atoms. The summed E-state index contributed by atoms with van der Waals surface area (Å²) in [6.07, 6.45) is 0.266. The number of anilines is 1. The summed E-state index contributed by atoms with van der Waals surface area (Å²) in [4.78, 5) is 21.9. The van der Waals surface area contributed by atoms with E-state index < -0.39 is 29.5 Å². The maximum atomic E-state index is 13.1. The molecule has 0 unspecified atom stereocenters. The molecule has 0 saturated heterocycles. The molecule has 1 N–H and O–H groups in total. The number of carboxylic acid groups (broad SMARTS) is 1. The van der Waals surface area contributed by atoms with Crippen molar-refractivity contribution in [2.45, 2.75) is 6.42 Å². The Morgan fingerprint density at radius 2 is 2.00 bits per heavy atom. The zero-order valence-electron chi connectivity index (χ0n) is 8.27. The predicted octanol–water partition coefficient (Wildman–Crippen LogP) is 0.150. The second-order valence-electron chi connectivity index (χ2n) is 3.74. The van der Waals surface area contributed by atoms with Crippen molar-refractivity contribution in [3.8, 4) is 0 Å². The fourth-order valence-corrected chi connectivity index (χ4v) is 1.53. The van der Waals surface area contributed by atoms with Gasteiger partial charge in [-0.15, -0.1) is 0 Å². The lowest BCUT2D eigenvalue weighted by Gasteiger charge is -2.05. The highest BCUT2D eigenvalue weighted by molar-refractivity contribution is 5.97. The quantitative estimate of drug-likeness (QED) is 0.791. The zero-order valence-corrected chi connectivity index (χ0v) is 8.27. The van der Waals surface area contributed by atoms with Crippen LogP contribution in [0.15, 0.2) is 24.3 Å². The molecule has 5 heteroatoms. The van der Waals surface area contributed by atoms with E-state index in [1.165, 1.54) is 18.2 Å². The van der Waals surface area contributed by atoms with E-state index in [4.69, 9.17) is 0 Å². The topological polar surface area (TPSA) is 69.2 Å². The number of para-hydroxylation sites is 1. The number of carboxylic acids is 1. The molecular weight excluding hydrogens is 213 g/mol. The van der Waals surface area contributed by atoms with Crippen LogP contribution < -0.4 is 10.4 Å². The van der Waals surface area contributed by atoms with E-state index in [1.54, 1.807) is 6.07 Å². The summed E-state index contributed by atoms with van der Waals surface area (Å²) in [6.45, 7) is 0. The molecule has 1 fully saturated rings. The van der Waals surface area contributed by atoms with Gasteiger partial charge in [-0.3, -0.25) is 4.79 Å². The van der Waals surface area contributed by atoms with Crippen LogP contribution in [-0.2, 0) is 9.59 Å².